The fourth-order valence-electron chi connectivity index (χ4n) is 4.12. The number of halogens is 1. The van der Waals surface area contributed by atoms with E-state index in [1.54, 1.807) is 11.0 Å². The lowest BCUT2D eigenvalue weighted by Gasteiger charge is -2.24. The highest BCUT2D eigenvalue weighted by Gasteiger charge is 2.43. The second kappa shape index (κ2) is 10.4. The van der Waals surface area contributed by atoms with Crippen molar-refractivity contribution in [3.63, 3.8) is 0 Å². The van der Waals surface area contributed by atoms with E-state index >= 15 is 0 Å². The molecule has 1 unspecified atom stereocenters. The first-order valence-electron chi connectivity index (χ1n) is 11.1. The van der Waals surface area contributed by atoms with E-state index in [1.165, 1.54) is 0 Å². The van der Waals surface area contributed by atoms with Crippen molar-refractivity contribution in [2.45, 2.75) is 39.4 Å². The number of nitrogens with one attached hydrogen (secondary N) is 1. The van der Waals surface area contributed by atoms with Gasteiger partial charge in [0.2, 0.25) is 5.91 Å². The van der Waals surface area contributed by atoms with Crippen LogP contribution >= 0.6 is 23.8 Å². The third-order valence-electron chi connectivity index (χ3n) is 5.92. The SMILES string of the molecule is Cc1ccc(NC(=O)CC2C(=O)N(Cc3ccccc3)C(=S)N2Cc2ccccc2Cl)c(C)c1. The number of carbonyl (C=O) groups excluding carboxylic acids is 2. The van der Waals surface area contributed by atoms with E-state index in [4.69, 9.17) is 23.8 Å². The molecule has 5 nitrogen and oxygen atoms in total. The van der Waals surface area contributed by atoms with Gasteiger partial charge in [0, 0.05) is 17.3 Å². The fraction of sp³-hybridized carbons (Fsp3) is 0.222. The lowest BCUT2D eigenvalue weighted by atomic mass is 10.1. The highest BCUT2D eigenvalue weighted by molar-refractivity contribution is 7.80. The maximum absolute atomic E-state index is 13.5. The molecule has 3 aromatic rings. The normalized spacial score (nSPS) is 15.7. The first-order chi connectivity index (χ1) is 16.3. The number of carbonyl (C=O) groups is 2. The average molecular weight is 492 g/mol. The van der Waals surface area contributed by atoms with Gasteiger partial charge in [0.05, 0.1) is 13.0 Å². The van der Waals surface area contributed by atoms with Crippen molar-refractivity contribution in [2.24, 2.45) is 0 Å². The Kier molecular flexibility index (Phi) is 7.29. The minimum atomic E-state index is -0.710. The monoisotopic (exact) mass is 491 g/mol. The van der Waals surface area contributed by atoms with Crippen LogP contribution in [0.2, 0.25) is 5.02 Å². The van der Waals surface area contributed by atoms with Crippen LogP contribution in [-0.2, 0) is 22.7 Å². The molecule has 1 aliphatic rings. The molecule has 34 heavy (non-hydrogen) atoms. The van der Waals surface area contributed by atoms with Gasteiger partial charge in [-0.3, -0.25) is 14.5 Å². The standard InChI is InChI=1S/C27H26ClN3O2S/c1-18-12-13-23(19(2)14-18)29-25(32)15-24-26(33)31(16-20-8-4-3-5-9-20)27(34)30(24)17-21-10-6-7-11-22(21)28/h3-14,24H,15-17H2,1-2H3,(H,29,32). The second-order valence-corrected chi connectivity index (χ2v) is 9.27. The van der Waals surface area contributed by atoms with Crippen LogP contribution in [0.15, 0.2) is 72.8 Å². The number of rotatable bonds is 7. The van der Waals surface area contributed by atoms with Crippen molar-refractivity contribution in [3.8, 4) is 0 Å². The first-order valence-corrected chi connectivity index (χ1v) is 11.9. The summed E-state index contributed by atoms with van der Waals surface area (Å²) in [6.07, 6.45) is -0.0119. The highest BCUT2D eigenvalue weighted by Crippen LogP contribution is 2.28. The summed E-state index contributed by atoms with van der Waals surface area (Å²) in [4.78, 5) is 29.9. The van der Waals surface area contributed by atoms with Gasteiger partial charge >= 0.3 is 0 Å². The van der Waals surface area contributed by atoms with Gasteiger partial charge in [-0.1, -0.05) is 77.8 Å². The Hall–Kier alpha value is -3.22. The smallest absolute Gasteiger partial charge is 0.252 e. The van der Waals surface area contributed by atoms with Gasteiger partial charge in [-0.2, -0.15) is 0 Å². The number of anilines is 1. The van der Waals surface area contributed by atoms with Crippen molar-refractivity contribution in [2.75, 3.05) is 5.32 Å². The summed E-state index contributed by atoms with van der Waals surface area (Å²) in [7, 11) is 0. The predicted molar refractivity (Wildman–Crippen MR) is 140 cm³/mol. The van der Waals surface area contributed by atoms with Crippen molar-refractivity contribution >= 4 is 46.4 Å². The molecule has 1 N–H and O–H groups in total. The Morgan fingerprint density at radius 1 is 1.00 bits per heavy atom. The number of thiocarbonyl (C=S) groups is 1. The van der Waals surface area contributed by atoms with Crippen LogP contribution in [0, 0.1) is 13.8 Å². The van der Waals surface area contributed by atoms with E-state index in [1.807, 2.05) is 85.5 Å². The summed E-state index contributed by atoms with van der Waals surface area (Å²) in [5, 5.41) is 3.95. The summed E-state index contributed by atoms with van der Waals surface area (Å²) in [5.74, 6) is -0.421. The minimum absolute atomic E-state index is 0.0119. The summed E-state index contributed by atoms with van der Waals surface area (Å²) in [5.41, 5.74) is 4.65. The molecule has 0 spiro atoms. The molecule has 174 valence electrons. The quantitative estimate of drug-likeness (QED) is 0.444. The molecule has 3 aromatic carbocycles. The zero-order valence-electron chi connectivity index (χ0n) is 19.1. The minimum Gasteiger partial charge on any atom is -0.332 e. The van der Waals surface area contributed by atoms with Gasteiger partial charge < -0.3 is 10.2 Å². The van der Waals surface area contributed by atoms with Crippen molar-refractivity contribution in [1.29, 1.82) is 0 Å². The zero-order valence-corrected chi connectivity index (χ0v) is 20.7. The molecule has 0 aliphatic carbocycles. The molecule has 4 rings (SSSR count). The molecular formula is C27H26ClN3O2S. The van der Waals surface area contributed by atoms with Crippen LogP contribution in [0.1, 0.15) is 28.7 Å². The van der Waals surface area contributed by atoms with Crippen molar-refractivity contribution in [3.05, 3.63) is 100 Å². The molecule has 1 aliphatic heterocycles. The van der Waals surface area contributed by atoms with Gasteiger partial charge in [0.25, 0.3) is 5.91 Å². The lowest BCUT2D eigenvalue weighted by Crippen LogP contribution is -2.37. The Morgan fingerprint density at radius 2 is 1.71 bits per heavy atom. The number of amides is 2. The molecule has 1 fully saturated rings. The van der Waals surface area contributed by atoms with Gasteiger partial charge in [-0.25, -0.2) is 0 Å². The maximum atomic E-state index is 13.5. The van der Waals surface area contributed by atoms with Gasteiger partial charge in [-0.15, -0.1) is 0 Å². The van der Waals surface area contributed by atoms with Gasteiger partial charge in [0.15, 0.2) is 5.11 Å². The predicted octanol–water partition coefficient (Wildman–Crippen LogP) is 5.48. The molecule has 0 saturated carbocycles. The number of aryl methyl sites for hydroxylation is 2. The highest BCUT2D eigenvalue weighted by atomic mass is 35.5. The maximum Gasteiger partial charge on any atom is 0.252 e. The number of nitrogens with zero attached hydrogens (tertiary/aromatic N) is 2. The number of hydrogen-bond acceptors (Lipinski definition) is 3. The summed E-state index contributed by atoms with van der Waals surface area (Å²) in [6, 6.07) is 22.3. The Labute approximate surface area is 210 Å². The van der Waals surface area contributed by atoms with E-state index in [0.717, 1.165) is 27.9 Å². The molecule has 2 amide bonds. The number of benzene rings is 3. The van der Waals surface area contributed by atoms with Crippen molar-refractivity contribution < 1.29 is 9.59 Å². The van der Waals surface area contributed by atoms with Crippen LogP contribution in [0.25, 0.3) is 0 Å². The third kappa shape index (κ3) is 5.29. The Bertz CT molecular complexity index is 1230. The van der Waals surface area contributed by atoms with E-state index in [9.17, 15) is 9.59 Å². The first kappa shape index (κ1) is 23.9. The Morgan fingerprint density at radius 3 is 2.41 bits per heavy atom. The van der Waals surface area contributed by atoms with E-state index in [0.29, 0.717) is 23.2 Å². The van der Waals surface area contributed by atoms with Crippen LogP contribution in [0.3, 0.4) is 0 Å². The molecule has 0 radical (unpaired) electrons. The molecule has 1 atom stereocenters. The van der Waals surface area contributed by atoms with Crippen molar-refractivity contribution in [1.82, 2.24) is 9.80 Å². The van der Waals surface area contributed by atoms with Crippen LogP contribution in [-0.4, -0.2) is 32.8 Å². The molecule has 1 saturated heterocycles. The second-order valence-electron chi connectivity index (χ2n) is 8.50. The molecule has 7 heteroatoms. The molecule has 1 heterocycles. The van der Waals surface area contributed by atoms with E-state index in [-0.39, 0.29) is 18.2 Å². The van der Waals surface area contributed by atoms with Gasteiger partial charge in [-0.05, 0) is 54.9 Å². The van der Waals surface area contributed by atoms with E-state index in [2.05, 4.69) is 5.32 Å². The number of hydrogen-bond donors (Lipinski definition) is 1. The summed E-state index contributed by atoms with van der Waals surface area (Å²) < 4.78 is 0. The third-order valence-corrected chi connectivity index (χ3v) is 6.74. The topological polar surface area (TPSA) is 52.7 Å². The molecular weight excluding hydrogens is 466 g/mol. The zero-order chi connectivity index (χ0) is 24.2. The van der Waals surface area contributed by atoms with E-state index < -0.39 is 6.04 Å². The largest absolute Gasteiger partial charge is 0.332 e. The summed E-state index contributed by atoms with van der Waals surface area (Å²) in [6.45, 7) is 4.65. The summed E-state index contributed by atoms with van der Waals surface area (Å²) >= 11 is 12.1. The molecule has 0 aromatic heterocycles. The van der Waals surface area contributed by atoms with Crippen LogP contribution in [0.5, 0.6) is 0 Å². The Balaban J connectivity index is 1.58. The lowest BCUT2D eigenvalue weighted by molar-refractivity contribution is -0.131. The van der Waals surface area contributed by atoms with Crippen LogP contribution in [0.4, 0.5) is 5.69 Å². The van der Waals surface area contributed by atoms with Gasteiger partial charge in [0.1, 0.15) is 6.04 Å². The molecule has 0 bridgehead atoms. The average Bonchev–Trinajstić information content (AvgIpc) is 3.02. The fourth-order valence-corrected chi connectivity index (χ4v) is 4.67. The van der Waals surface area contributed by atoms with Crippen LogP contribution < -0.4 is 5.32 Å².